The Morgan fingerprint density at radius 1 is 1.58 bits per heavy atom. The van der Waals surface area contributed by atoms with E-state index >= 15 is 0 Å². The van der Waals surface area contributed by atoms with E-state index in [-0.39, 0.29) is 11.6 Å². The molecule has 1 rings (SSSR count). The van der Waals surface area contributed by atoms with Crippen LogP contribution < -0.4 is 5.32 Å². The van der Waals surface area contributed by atoms with E-state index in [9.17, 15) is 14.9 Å². The maximum atomic E-state index is 10.9. The molecule has 0 aliphatic rings. The van der Waals surface area contributed by atoms with E-state index in [4.69, 9.17) is 9.84 Å². The first-order chi connectivity index (χ1) is 8.99. The highest BCUT2D eigenvalue weighted by atomic mass is 16.6. The molecule has 7 nitrogen and oxygen atoms in total. The Morgan fingerprint density at radius 2 is 2.26 bits per heavy atom. The van der Waals surface area contributed by atoms with E-state index in [2.05, 4.69) is 5.32 Å². The maximum Gasteiger partial charge on any atom is 0.342 e. The molecule has 0 fully saturated rings. The van der Waals surface area contributed by atoms with Crippen molar-refractivity contribution in [3.8, 4) is 0 Å². The number of anilines is 1. The second-order valence-electron chi connectivity index (χ2n) is 4.00. The van der Waals surface area contributed by atoms with E-state index in [1.807, 2.05) is 6.92 Å². The summed E-state index contributed by atoms with van der Waals surface area (Å²) in [5, 5.41) is 22.8. The van der Waals surface area contributed by atoms with Crippen LogP contribution >= 0.6 is 0 Å². The van der Waals surface area contributed by atoms with Crippen LogP contribution in [0.4, 0.5) is 11.4 Å². The lowest BCUT2D eigenvalue weighted by molar-refractivity contribution is -0.385. The molecule has 0 radical (unpaired) electrons. The molecule has 1 atom stereocenters. The highest BCUT2D eigenvalue weighted by Gasteiger charge is 2.20. The van der Waals surface area contributed by atoms with Gasteiger partial charge in [-0.05, 0) is 18.6 Å². The van der Waals surface area contributed by atoms with Crippen LogP contribution in [-0.4, -0.2) is 35.8 Å². The summed E-state index contributed by atoms with van der Waals surface area (Å²) in [6.45, 7) is 2.42. The van der Waals surface area contributed by atoms with Gasteiger partial charge in [-0.1, -0.05) is 6.92 Å². The first kappa shape index (κ1) is 14.9. The predicted octanol–water partition coefficient (Wildman–Crippen LogP) is 2.13. The zero-order valence-corrected chi connectivity index (χ0v) is 10.8. The summed E-state index contributed by atoms with van der Waals surface area (Å²) in [6, 6.07) is 3.97. The summed E-state index contributed by atoms with van der Waals surface area (Å²) in [4.78, 5) is 21.0. The fourth-order valence-electron chi connectivity index (χ4n) is 1.65. The van der Waals surface area contributed by atoms with Gasteiger partial charge in [0.1, 0.15) is 5.56 Å². The third-order valence-electron chi connectivity index (χ3n) is 2.66. The van der Waals surface area contributed by atoms with Gasteiger partial charge in [0.2, 0.25) is 0 Å². The van der Waals surface area contributed by atoms with Crippen molar-refractivity contribution < 1.29 is 19.6 Å². The SMILES string of the molecule is CCC(COC)Nc1ccc(C(=O)O)c([N+](=O)[O-])c1. The number of methoxy groups -OCH3 is 1. The van der Waals surface area contributed by atoms with Crippen molar-refractivity contribution in [1.82, 2.24) is 0 Å². The number of ether oxygens (including phenoxy) is 1. The number of aromatic carboxylic acids is 1. The lowest BCUT2D eigenvalue weighted by Crippen LogP contribution is -2.24. The third-order valence-corrected chi connectivity index (χ3v) is 2.66. The van der Waals surface area contributed by atoms with Crippen LogP contribution in [0.1, 0.15) is 23.7 Å². The molecule has 1 unspecified atom stereocenters. The van der Waals surface area contributed by atoms with Gasteiger partial charge in [-0.25, -0.2) is 4.79 Å². The van der Waals surface area contributed by atoms with Gasteiger partial charge in [0.15, 0.2) is 0 Å². The normalized spacial score (nSPS) is 11.9. The Kier molecular flexibility index (Phi) is 5.25. The second kappa shape index (κ2) is 6.69. The van der Waals surface area contributed by atoms with Gasteiger partial charge in [0.25, 0.3) is 5.69 Å². The van der Waals surface area contributed by atoms with Gasteiger partial charge in [-0.3, -0.25) is 10.1 Å². The highest BCUT2D eigenvalue weighted by molar-refractivity contribution is 5.93. The van der Waals surface area contributed by atoms with Crippen LogP contribution in [0.25, 0.3) is 0 Å². The van der Waals surface area contributed by atoms with Gasteiger partial charge in [0.05, 0.1) is 11.5 Å². The smallest absolute Gasteiger partial charge is 0.342 e. The highest BCUT2D eigenvalue weighted by Crippen LogP contribution is 2.24. The molecule has 0 bridgehead atoms. The largest absolute Gasteiger partial charge is 0.477 e. The summed E-state index contributed by atoms with van der Waals surface area (Å²) in [6.07, 6.45) is 0.780. The lowest BCUT2D eigenvalue weighted by atomic mass is 10.1. The maximum absolute atomic E-state index is 10.9. The first-order valence-corrected chi connectivity index (χ1v) is 5.76. The zero-order chi connectivity index (χ0) is 14.4. The Labute approximate surface area is 110 Å². The minimum absolute atomic E-state index is 0.0142. The molecular formula is C12H16N2O5. The van der Waals surface area contributed by atoms with Gasteiger partial charge in [-0.15, -0.1) is 0 Å². The predicted molar refractivity (Wildman–Crippen MR) is 69.6 cm³/mol. The average Bonchev–Trinajstić information content (AvgIpc) is 2.37. The van der Waals surface area contributed by atoms with Crippen molar-refractivity contribution in [2.75, 3.05) is 19.0 Å². The van der Waals surface area contributed by atoms with Crippen LogP contribution in [-0.2, 0) is 4.74 Å². The first-order valence-electron chi connectivity index (χ1n) is 5.76. The topological polar surface area (TPSA) is 102 Å². The summed E-state index contributed by atoms with van der Waals surface area (Å²) in [7, 11) is 1.57. The Morgan fingerprint density at radius 3 is 2.74 bits per heavy atom. The quantitative estimate of drug-likeness (QED) is 0.580. The van der Waals surface area contributed by atoms with E-state index in [0.717, 1.165) is 6.42 Å². The Bertz CT molecular complexity index is 475. The number of hydrogen-bond donors (Lipinski definition) is 2. The summed E-state index contributed by atoms with van der Waals surface area (Å²) in [5.41, 5.74) is -0.249. The van der Waals surface area contributed by atoms with Gasteiger partial charge in [0, 0.05) is 24.9 Å². The van der Waals surface area contributed by atoms with Crippen LogP contribution in [0.2, 0.25) is 0 Å². The van der Waals surface area contributed by atoms with Crippen LogP contribution in [0.15, 0.2) is 18.2 Å². The van der Waals surface area contributed by atoms with E-state index in [1.165, 1.54) is 18.2 Å². The molecule has 19 heavy (non-hydrogen) atoms. The van der Waals surface area contributed by atoms with E-state index in [1.54, 1.807) is 7.11 Å². The number of nitrogens with zero attached hydrogens (tertiary/aromatic N) is 1. The number of hydrogen-bond acceptors (Lipinski definition) is 5. The molecular weight excluding hydrogens is 252 g/mol. The molecule has 0 heterocycles. The fourth-order valence-corrected chi connectivity index (χ4v) is 1.65. The van der Waals surface area contributed by atoms with Crippen molar-refractivity contribution in [2.24, 2.45) is 0 Å². The number of nitrogens with one attached hydrogen (secondary N) is 1. The number of carbonyl (C=O) groups is 1. The van der Waals surface area contributed by atoms with Crippen molar-refractivity contribution in [2.45, 2.75) is 19.4 Å². The Balaban J connectivity index is 3.01. The van der Waals surface area contributed by atoms with Crippen molar-refractivity contribution in [1.29, 1.82) is 0 Å². The van der Waals surface area contributed by atoms with Crippen LogP contribution in [0.3, 0.4) is 0 Å². The van der Waals surface area contributed by atoms with Gasteiger partial charge in [-0.2, -0.15) is 0 Å². The van der Waals surface area contributed by atoms with Gasteiger partial charge < -0.3 is 15.2 Å². The zero-order valence-electron chi connectivity index (χ0n) is 10.8. The van der Waals surface area contributed by atoms with Gasteiger partial charge >= 0.3 is 5.97 Å². The molecule has 0 amide bonds. The monoisotopic (exact) mass is 268 g/mol. The lowest BCUT2D eigenvalue weighted by Gasteiger charge is -2.17. The molecule has 7 heteroatoms. The second-order valence-corrected chi connectivity index (χ2v) is 4.00. The van der Waals surface area contributed by atoms with Crippen LogP contribution in [0.5, 0.6) is 0 Å². The van der Waals surface area contributed by atoms with Crippen molar-refractivity contribution in [3.63, 3.8) is 0 Å². The molecule has 104 valence electrons. The third kappa shape index (κ3) is 3.92. The number of nitro groups is 1. The average molecular weight is 268 g/mol. The van der Waals surface area contributed by atoms with Crippen molar-refractivity contribution in [3.05, 3.63) is 33.9 Å². The molecule has 1 aromatic rings. The molecule has 0 aliphatic heterocycles. The summed E-state index contributed by atoms with van der Waals surface area (Å²) >= 11 is 0. The molecule has 0 spiro atoms. The number of carboxylic acids is 1. The molecule has 0 saturated heterocycles. The number of nitro benzene ring substituents is 1. The van der Waals surface area contributed by atoms with Crippen molar-refractivity contribution >= 4 is 17.3 Å². The molecule has 0 aromatic heterocycles. The minimum Gasteiger partial charge on any atom is -0.477 e. The minimum atomic E-state index is -1.32. The number of carboxylic acid groups (broad SMARTS) is 1. The molecule has 2 N–H and O–H groups in total. The fraction of sp³-hybridized carbons (Fsp3) is 0.417. The Hall–Kier alpha value is -2.15. The number of benzene rings is 1. The summed E-state index contributed by atoms with van der Waals surface area (Å²) in [5.74, 6) is -1.32. The molecule has 0 aliphatic carbocycles. The summed E-state index contributed by atoms with van der Waals surface area (Å²) < 4.78 is 5.02. The molecule has 1 aromatic carbocycles. The van der Waals surface area contributed by atoms with E-state index < -0.39 is 16.6 Å². The molecule has 0 saturated carbocycles. The standard InChI is InChI=1S/C12H16N2O5/c1-3-8(7-19-2)13-9-4-5-10(12(15)16)11(6-9)14(17)18/h4-6,8,13H,3,7H2,1-2H3,(H,15,16). The van der Waals surface area contributed by atoms with E-state index in [0.29, 0.717) is 12.3 Å². The van der Waals surface area contributed by atoms with Crippen LogP contribution in [0, 0.1) is 10.1 Å². The number of rotatable bonds is 7.